The minimum atomic E-state index is -0.671. The number of carbonyl (C=O) groups excluding carboxylic acids is 2. The zero-order chi connectivity index (χ0) is 13.3. The molecule has 1 aromatic rings. The van der Waals surface area contributed by atoms with Gasteiger partial charge < -0.3 is 4.90 Å². The monoisotopic (exact) mass is 263 g/mol. The first-order valence-electron chi connectivity index (χ1n) is 5.96. The molecule has 1 aliphatic heterocycles. The number of likely N-dealkylation sites (tertiary alicyclic amines) is 1. The lowest BCUT2D eigenvalue weighted by Gasteiger charge is -2.30. The molecule has 0 N–H and O–H groups in total. The number of hydrogen-bond donors (Lipinski definition) is 0. The average Bonchev–Trinajstić information content (AvgIpc) is 2.63. The second-order valence-corrected chi connectivity index (χ2v) is 5.80. The highest BCUT2D eigenvalue weighted by atomic mass is 32.2. The highest BCUT2D eigenvalue weighted by Crippen LogP contribution is 2.27. The number of hydrogen-bond acceptors (Lipinski definition) is 3. The van der Waals surface area contributed by atoms with Crippen LogP contribution in [-0.4, -0.2) is 34.9 Å². The maximum Gasteiger partial charge on any atom is 0.254 e. The molecule has 0 atom stereocenters. The highest BCUT2D eigenvalue weighted by molar-refractivity contribution is 7.98. The molecule has 0 radical (unpaired) electrons. The number of rotatable bonds is 2. The van der Waals surface area contributed by atoms with Gasteiger partial charge in [0.05, 0.1) is 5.54 Å². The molecule has 3 nitrogen and oxygen atoms in total. The summed E-state index contributed by atoms with van der Waals surface area (Å²) in [6.45, 7) is 4.15. The number of carbonyl (C=O) groups is 2. The summed E-state index contributed by atoms with van der Waals surface area (Å²) in [6, 6.07) is 7.52. The predicted molar refractivity (Wildman–Crippen MR) is 73.0 cm³/mol. The lowest BCUT2D eigenvalue weighted by molar-refractivity contribution is -0.123. The first-order chi connectivity index (χ1) is 8.46. The maximum atomic E-state index is 12.4. The molecule has 0 bridgehead atoms. The van der Waals surface area contributed by atoms with Crippen LogP contribution < -0.4 is 0 Å². The minimum absolute atomic E-state index is 0.0569. The molecule has 0 unspecified atom stereocenters. The normalized spacial score (nSPS) is 18.2. The lowest BCUT2D eigenvalue weighted by atomic mass is 10.00. The molecule has 1 aliphatic rings. The standard InChI is InChI=1S/C14H17NO2S/c1-14(2)12(16)8-9-15(14)13(17)10-4-6-11(18-3)7-5-10/h4-7H,8-9H2,1-3H3. The van der Waals surface area contributed by atoms with E-state index in [1.54, 1.807) is 16.7 Å². The summed E-state index contributed by atoms with van der Waals surface area (Å²) in [4.78, 5) is 26.9. The summed E-state index contributed by atoms with van der Waals surface area (Å²) in [6.07, 6.45) is 2.46. The van der Waals surface area contributed by atoms with Crippen LogP contribution in [0.1, 0.15) is 30.6 Å². The first kappa shape index (κ1) is 13.1. The number of thioether (sulfide) groups is 1. The summed E-state index contributed by atoms with van der Waals surface area (Å²) in [5.41, 5.74) is -0.0227. The maximum absolute atomic E-state index is 12.4. The van der Waals surface area contributed by atoms with Crippen molar-refractivity contribution in [3.8, 4) is 0 Å². The molecule has 0 spiro atoms. The van der Waals surface area contributed by atoms with Gasteiger partial charge in [-0.05, 0) is 44.4 Å². The molecule has 96 valence electrons. The smallest absolute Gasteiger partial charge is 0.254 e. The van der Waals surface area contributed by atoms with E-state index >= 15 is 0 Å². The van der Waals surface area contributed by atoms with Crippen molar-refractivity contribution >= 4 is 23.5 Å². The Morgan fingerprint density at radius 1 is 1.28 bits per heavy atom. The third-order valence-electron chi connectivity index (χ3n) is 3.50. The molecule has 1 amide bonds. The molecular weight excluding hydrogens is 246 g/mol. The Kier molecular flexibility index (Phi) is 3.48. The van der Waals surface area contributed by atoms with Crippen LogP contribution in [0.25, 0.3) is 0 Å². The van der Waals surface area contributed by atoms with E-state index in [1.165, 1.54) is 0 Å². The fraction of sp³-hybridized carbons (Fsp3) is 0.429. The summed E-state index contributed by atoms with van der Waals surface area (Å²) >= 11 is 1.64. The summed E-state index contributed by atoms with van der Waals surface area (Å²) in [5, 5.41) is 0. The topological polar surface area (TPSA) is 37.4 Å². The lowest BCUT2D eigenvalue weighted by Crippen LogP contribution is -2.46. The number of ketones is 1. The quantitative estimate of drug-likeness (QED) is 0.770. The van der Waals surface area contributed by atoms with Gasteiger partial charge in [0.15, 0.2) is 5.78 Å². The second-order valence-electron chi connectivity index (χ2n) is 4.92. The molecule has 1 heterocycles. The Labute approximate surface area is 112 Å². The molecule has 2 rings (SSSR count). The van der Waals surface area contributed by atoms with Crippen LogP contribution in [0, 0.1) is 0 Å². The third kappa shape index (κ3) is 2.17. The molecule has 0 aliphatic carbocycles. The van der Waals surface area contributed by atoms with Crippen molar-refractivity contribution in [2.45, 2.75) is 30.7 Å². The van der Waals surface area contributed by atoms with E-state index in [4.69, 9.17) is 0 Å². The van der Waals surface area contributed by atoms with Crippen LogP contribution >= 0.6 is 11.8 Å². The van der Waals surface area contributed by atoms with Gasteiger partial charge >= 0.3 is 0 Å². The fourth-order valence-corrected chi connectivity index (χ4v) is 2.60. The van der Waals surface area contributed by atoms with Gasteiger partial charge in [-0.1, -0.05) is 0 Å². The van der Waals surface area contributed by atoms with Crippen molar-refractivity contribution in [3.05, 3.63) is 29.8 Å². The zero-order valence-electron chi connectivity index (χ0n) is 10.9. The van der Waals surface area contributed by atoms with Crippen molar-refractivity contribution in [2.24, 2.45) is 0 Å². The van der Waals surface area contributed by atoms with Crippen LogP contribution in [-0.2, 0) is 4.79 Å². The largest absolute Gasteiger partial charge is 0.326 e. The van der Waals surface area contributed by atoms with E-state index in [1.807, 2.05) is 44.4 Å². The van der Waals surface area contributed by atoms with Crippen molar-refractivity contribution in [1.29, 1.82) is 0 Å². The van der Waals surface area contributed by atoms with Crippen molar-refractivity contribution in [3.63, 3.8) is 0 Å². The minimum Gasteiger partial charge on any atom is -0.326 e. The Morgan fingerprint density at radius 2 is 1.89 bits per heavy atom. The Bertz CT molecular complexity index is 479. The number of nitrogens with zero attached hydrogens (tertiary/aromatic N) is 1. The van der Waals surface area contributed by atoms with Gasteiger partial charge in [0.25, 0.3) is 5.91 Å². The van der Waals surface area contributed by atoms with Gasteiger partial charge in [0.1, 0.15) is 0 Å². The van der Waals surface area contributed by atoms with E-state index in [0.717, 1.165) is 4.90 Å². The molecule has 0 saturated carbocycles. The fourth-order valence-electron chi connectivity index (χ4n) is 2.19. The van der Waals surface area contributed by atoms with E-state index in [-0.39, 0.29) is 11.7 Å². The zero-order valence-corrected chi connectivity index (χ0v) is 11.7. The van der Waals surface area contributed by atoms with Gasteiger partial charge in [0, 0.05) is 23.4 Å². The molecule has 0 aromatic heterocycles. The van der Waals surface area contributed by atoms with Gasteiger partial charge in [-0.15, -0.1) is 11.8 Å². The van der Waals surface area contributed by atoms with Crippen LogP contribution in [0.4, 0.5) is 0 Å². The SMILES string of the molecule is CSc1ccc(C(=O)N2CCC(=O)C2(C)C)cc1. The van der Waals surface area contributed by atoms with Gasteiger partial charge in [-0.2, -0.15) is 0 Å². The third-order valence-corrected chi connectivity index (χ3v) is 4.25. The van der Waals surface area contributed by atoms with E-state index < -0.39 is 5.54 Å². The second kappa shape index (κ2) is 4.76. The molecule has 18 heavy (non-hydrogen) atoms. The number of Topliss-reactive ketones (excluding diaryl/α,β-unsaturated/α-hetero) is 1. The van der Waals surface area contributed by atoms with Crippen LogP contribution in [0.15, 0.2) is 29.2 Å². The first-order valence-corrected chi connectivity index (χ1v) is 7.18. The molecule has 1 saturated heterocycles. The summed E-state index contributed by atoms with van der Waals surface area (Å²) in [5.74, 6) is 0.0788. The Balaban J connectivity index is 2.23. The van der Waals surface area contributed by atoms with Crippen LogP contribution in [0.3, 0.4) is 0 Å². The molecule has 4 heteroatoms. The Hall–Kier alpha value is -1.29. The summed E-state index contributed by atoms with van der Waals surface area (Å²) < 4.78 is 0. The highest BCUT2D eigenvalue weighted by Gasteiger charge is 2.42. The van der Waals surface area contributed by atoms with Crippen molar-refractivity contribution in [1.82, 2.24) is 4.90 Å². The van der Waals surface area contributed by atoms with E-state index in [2.05, 4.69) is 0 Å². The number of benzene rings is 1. The summed E-state index contributed by atoms with van der Waals surface area (Å²) in [7, 11) is 0. The van der Waals surface area contributed by atoms with Gasteiger partial charge in [-0.25, -0.2) is 0 Å². The van der Waals surface area contributed by atoms with Gasteiger partial charge in [-0.3, -0.25) is 9.59 Å². The molecule has 1 fully saturated rings. The van der Waals surface area contributed by atoms with Crippen LogP contribution in [0.5, 0.6) is 0 Å². The molecular formula is C14H17NO2S. The van der Waals surface area contributed by atoms with Crippen LogP contribution in [0.2, 0.25) is 0 Å². The van der Waals surface area contributed by atoms with Crippen molar-refractivity contribution < 1.29 is 9.59 Å². The van der Waals surface area contributed by atoms with Gasteiger partial charge in [0.2, 0.25) is 0 Å². The number of amides is 1. The average molecular weight is 263 g/mol. The predicted octanol–water partition coefficient (Wildman–Crippen LogP) is 2.60. The van der Waals surface area contributed by atoms with E-state index in [9.17, 15) is 9.59 Å². The van der Waals surface area contributed by atoms with E-state index in [0.29, 0.717) is 18.5 Å². The molecule has 1 aromatic carbocycles. The van der Waals surface area contributed by atoms with Crippen molar-refractivity contribution in [2.75, 3.05) is 12.8 Å². The Morgan fingerprint density at radius 3 is 2.33 bits per heavy atom.